The van der Waals surface area contributed by atoms with Gasteiger partial charge in [-0.3, -0.25) is 4.79 Å². The third kappa shape index (κ3) is 2.25. The van der Waals surface area contributed by atoms with Crippen molar-refractivity contribution in [1.82, 2.24) is 0 Å². The Morgan fingerprint density at radius 1 is 1.14 bits per heavy atom. The smallest absolute Gasteiger partial charge is 0.164 e. The number of Topliss-reactive ketones (excluding diaryl/α,β-unsaturated/α-hetero) is 1. The first-order valence-electron chi connectivity index (χ1n) is 10.5. The zero-order valence-electron chi connectivity index (χ0n) is 18.1. The van der Waals surface area contributed by atoms with E-state index in [2.05, 4.69) is 20.8 Å². The van der Waals surface area contributed by atoms with Crippen LogP contribution in [0.15, 0.2) is 23.3 Å². The Balaban J connectivity index is 2.04. The van der Waals surface area contributed by atoms with E-state index in [-0.39, 0.29) is 35.6 Å². The van der Waals surface area contributed by atoms with Crippen LogP contribution in [0.2, 0.25) is 0 Å². The van der Waals surface area contributed by atoms with Gasteiger partial charge in [-0.1, -0.05) is 39.8 Å². The van der Waals surface area contributed by atoms with Crippen LogP contribution in [-0.4, -0.2) is 46.2 Å². The molecule has 0 aromatic carbocycles. The Morgan fingerprint density at radius 2 is 1.79 bits per heavy atom. The predicted molar refractivity (Wildman–Crippen MR) is 105 cm³/mol. The molecule has 2 bridgehead atoms. The number of ketones is 1. The monoisotopic (exact) mass is 390 g/mol. The second-order valence-electron chi connectivity index (χ2n) is 10.6. The van der Waals surface area contributed by atoms with E-state index in [0.717, 1.165) is 12.0 Å². The van der Waals surface area contributed by atoms with Crippen LogP contribution in [0.4, 0.5) is 0 Å². The summed E-state index contributed by atoms with van der Waals surface area (Å²) in [6.45, 7) is 14.2. The zero-order valence-corrected chi connectivity index (χ0v) is 18.1. The van der Waals surface area contributed by atoms with Crippen molar-refractivity contribution in [3.8, 4) is 0 Å². The molecule has 0 unspecified atom stereocenters. The third-order valence-corrected chi connectivity index (χ3v) is 8.32. The van der Waals surface area contributed by atoms with E-state index in [0.29, 0.717) is 5.57 Å². The van der Waals surface area contributed by atoms with Gasteiger partial charge in [-0.2, -0.15) is 0 Å². The Hall–Kier alpha value is -1.01. The molecule has 0 aromatic rings. The first-order valence-corrected chi connectivity index (χ1v) is 10.5. The maximum atomic E-state index is 14.2. The van der Waals surface area contributed by atoms with Crippen LogP contribution in [0.25, 0.3) is 0 Å². The summed E-state index contributed by atoms with van der Waals surface area (Å²) in [4.78, 5) is 14.2. The van der Waals surface area contributed by atoms with Crippen molar-refractivity contribution in [1.29, 1.82) is 0 Å². The molecule has 0 radical (unpaired) electrons. The normalized spacial score (nSPS) is 49.3. The average molecular weight is 391 g/mol. The van der Waals surface area contributed by atoms with Crippen LogP contribution in [0.1, 0.15) is 54.9 Å². The van der Waals surface area contributed by atoms with Gasteiger partial charge in [0.05, 0.1) is 12.0 Å². The summed E-state index contributed by atoms with van der Waals surface area (Å²) >= 11 is 0. The maximum Gasteiger partial charge on any atom is 0.164 e. The molecule has 4 aliphatic rings. The molecule has 2 N–H and O–H groups in total. The number of aliphatic hydroxyl groups excluding tert-OH is 1. The van der Waals surface area contributed by atoms with Crippen LogP contribution >= 0.6 is 0 Å². The minimum absolute atomic E-state index is 0.00365. The van der Waals surface area contributed by atoms with Crippen molar-refractivity contribution in [3.63, 3.8) is 0 Å². The highest BCUT2D eigenvalue weighted by Gasteiger charge is 2.73. The minimum atomic E-state index is -1.74. The van der Waals surface area contributed by atoms with Gasteiger partial charge in [-0.05, 0) is 55.6 Å². The highest BCUT2D eigenvalue weighted by molar-refractivity contribution is 5.95. The summed E-state index contributed by atoms with van der Waals surface area (Å²) in [5, 5.41) is 23.4. The zero-order chi connectivity index (χ0) is 20.9. The maximum absolute atomic E-state index is 14.2. The molecule has 0 aromatic heterocycles. The van der Waals surface area contributed by atoms with Gasteiger partial charge in [0.2, 0.25) is 0 Å². The standard InChI is InChI=1S/C23H34O5/c1-12-10-22-14(3)8-13(2)20(4,5)16(18(22)25)9-15-11-27-21(6,7)28-19(15)23(22,26)17(12)24/h9-10,13-14,16-17,19,24,26H,8,11H2,1-7H3/t13-,14+,16+,17-,19+,22-,23+/m0/s1. The molecule has 0 amide bonds. The van der Waals surface area contributed by atoms with E-state index in [4.69, 9.17) is 9.47 Å². The number of rotatable bonds is 0. The summed E-state index contributed by atoms with van der Waals surface area (Å²) in [7, 11) is 0. The lowest BCUT2D eigenvalue weighted by atomic mass is 9.59. The first-order chi connectivity index (χ1) is 12.8. The minimum Gasteiger partial charge on any atom is -0.386 e. The van der Waals surface area contributed by atoms with Gasteiger partial charge < -0.3 is 19.7 Å². The third-order valence-electron chi connectivity index (χ3n) is 8.32. The Kier molecular flexibility index (Phi) is 4.18. The molecule has 1 saturated carbocycles. The van der Waals surface area contributed by atoms with Crippen molar-refractivity contribution in [2.75, 3.05) is 6.61 Å². The van der Waals surface area contributed by atoms with Gasteiger partial charge >= 0.3 is 0 Å². The van der Waals surface area contributed by atoms with E-state index in [1.165, 1.54) is 0 Å². The molecular weight excluding hydrogens is 356 g/mol. The van der Waals surface area contributed by atoms with Crippen LogP contribution in [0, 0.1) is 28.6 Å². The number of hydrogen-bond donors (Lipinski definition) is 2. The lowest BCUT2D eigenvalue weighted by molar-refractivity contribution is -0.303. The lowest BCUT2D eigenvalue weighted by Crippen LogP contribution is -2.67. The van der Waals surface area contributed by atoms with Crippen LogP contribution < -0.4 is 0 Å². The molecule has 28 heavy (non-hydrogen) atoms. The molecule has 1 spiro atoms. The predicted octanol–water partition coefficient (Wildman–Crippen LogP) is 3.00. The summed E-state index contributed by atoms with van der Waals surface area (Å²) < 4.78 is 12.1. The number of carbonyl (C=O) groups excluding carboxylic acids is 1. The SMILES string of the molecule is CC1=C[C@]23C(=O)[C@@H](C=C4COC(C)(C)O[C@H]4[C@]2(O)[C@H]1O)C(C)(C)[C@@H](C)C[C@H]3C. The molecule has 1 aliphatic heterocycles. The molecule has 5 heteroatoms. The van der Waals surface area contributed by atoms with Gasteiger partial charge in [0.15, 0.2) is 11.6 Å². The summed E-state index contributed by atoms with van der Waals surface area (Å²) in [5.74, 6) is -1.13. The molecular formula is C23H34O5. The summed E-state index contributed by atoms with van der Waals surface area (Å²) in [6, 6.07) is 0. The van der Waals surface area contributed by atoms with Crippen LogP contribution in [0.5, 0.6) is 0 Å². The Bertz CT molecular complexity index is 778. The van der Waals surface area contributed by atoms with E-state index in [1.54, 1.807) is 6.92 Å². The van der Waals surface area contributed by atoms with Crippen molar-refractivity contribution >= 4 is 5.78 Å². The van der Waals surface area contributed by atoms with E-state index in [9.17, 15) is 15.0 Å². The molecule has 1 heterocycles. The second kappa shape index (κ2) is 5.78. The number of ether oxygens (including phenoxy) is 2. The molecule has 5 nitrogen and oxygen atoms in total. The topological polar surface area (TPSA) is 76.0 Å². The van der Waals surface area contributed by atoms with Crippen molar-refractivity contribution in [2.45, 2.75) is 78.5 Å². The first kappa shape index (κ1) is 20.3. The molecule has 156 valence electrons. The van der Waals surface area contributed by atoms with E-state index in [1.807, 2.05) is 32.9 Å². The number of carbonyl (C=O) groups is 1. The van der Waals surface area contributed by atoms with Crippen molar-refractivity contribution in [2.24, 2.45) is 28.6 Å². The van der Waals surface area contributed by atoms with Gasteiger partial charge in [-0.25, -0.2) is 0 Å². The highest BCUT2D eigenvalue weighted by atomic mass is 16.7. The van der Waals surface area contributed by atoms with Crippen LogP contribution in [0.3, 0.4) is 0 Å². The lowest BCUT2D eigenvalue weighted by Gasteiger charge is -2.52. The number of fused-ring (bicyclic) bond motifs is 3. The van der Waals surface area contributed by atoms with Gasteiger partial charge in [0.1, 0.15) is 17.8 Å². The fourth-order valence-corrected chi connectivity index (χ4v) is 6.20. The molecule has 2 fully saturated rings. The van der Waals surface area contributed by atoms with Gasteiger partial charge in [-0.15, -0.1) is 0 Å². The van der Waals surface area contributed by atoms with Crippen LogP contribution in [-0.2, 0) is 14.3 Å². The Labute approximate surface area is 167 Å². The number of aliphatic hydroxyl groups is 2. The molecule has 3 aliphatic carbocycles. The number of allylic oxidation sites excluding steroid dienone is 1. The largest absolute Gasteiger partial charge is 0.386 e. The summed E-state index contributed by atoms with van der Waals surface area (Å²) in [5.41, 5.74) is -1.80. The molecule has 1 saturated heterocycles. The van der Waals surface area contributed by atoms with Gasteiger partial charge in [0.25, 0.3) is 0 Å². The summed E-state index contributed by atoms with van der Waals surface area (Å²) in [6.07, 6.45) is 2.68. The highest BCUT2D eigenvalue weighted by Crippen LogP contribution is 2.63. The van der Waals surface area contributed by atoms with E-state index < -0.39 is 29.0 Å². The average Bonchev–Trinajstić information content (AvgIpc) is 2.73. The van der Waals surface area contributed by atoms with Crippen molar-refractivity contribution < 1.29 is 24.5 Å². The van der Waals surface area contributed by atoms with E-state index >= 15 is 0 Å². The Morgan fingerprint density at radius 3 is 2.43 bits per heavy atom. The molecule has 7 atom stereocenters. The second-order valence-corrected chi connectivity index (χ2v) is 10.6. The fraction of sp³-hybridized carbons (Fsp3) is 0.783. The van der Waals surface area contributed by atoms with Gasteiger partial charge in [0, 0.05) is 5.92 Å². The molecule has 4 rings (SSSR count). The fourth-order valence-electron chi connectivity index (χ4n) is 6.20. The van der Waals surface area contributed by atoms with Crippen molar-refractivity contribution in [3.05, 3.63) is 23.3 Å². The quantitative estimate of drug-likeness (QED) is 0.622. The number of hydrogen-bond acceptors (Lipinski definition) is 5.